The number of H-pyrrole nitrogens is 1. The Morgan fingerprint density at radius 1 is 1.04 bits per heavy atom. The molecule has 2 aromatic carbocycles. The fraction of sp³-hybridized carbons (Fsp3) is 0.350. The first-order chi connectivity index (χ1) is 11.8. The molecule has 3 aromatic rings. The van der Waals surface area contributed by atoms with Crippen molar-refractivity contribution in [1.29, 1.82) is 0 Å². The Labute approximate surface area is 141 Å². The Bertz CT molecular complexity index is 939. The number of nitrogens with one attached hydrogen (secondary N) is 1. The van der Waals surface area contributed by atoms with Gasteiger partial charge < -0.3 is 9.72 Å². The molecule has 4 nitrogen and oxygen atoms in total. The van der Waals surface area contributed by atoms with E-state index in [0.717, 1.165) is 52.8 Å². The molecule has 0 aliphatic carbocycles. The average Bonchev–Trinajstić information content (AvgIpc) is 2.63. The van der Waals surface area contributed by atoms with Gasteiger partial charge in [0.25, 0.3) is 0 Å². The summed E-state index contributed by atoms with van der Waals surface area (Å²) in [5.74, 6) is 0.846. The number of aromatic amines is 1. The second-order valence-electron chi connectivity index (χ2n) is 6.51. The first-order valence-electron chi connectivity index (χ1n) is 8.61. The predicted molar refractivity (Wildman–Crippen MR) is 97.8 cm³/mol. The van der Waals surface area contributed by atoms with Gasteiger partial charge in [0.1, 0.15) is 5.75 Å². The van der Waals surface area contributed by atoms with Crippen molar-refractivity contribution in [3.8, 4) is 5.75 Å². The summed E-state index contributed by atoms with van der Waals surface area (Å²) in [6.45, 7) is 3.03. The van der Waals surface area contributed by atoms with E-state index in [1.54, 1.807) is 7.11 Å². The van der Waals surface area contributed by atoms with Gasteiger partial charge in [0.05, 0.1) is 12.6 Å². The van der Waals surface area contributed by atoms with Gasteiger partial charge in [-0.2, -0.15) is 0 Å². The van der Waals surface area contributed by atoms with Crippen LogP contribution in [0.15, 0.2) is 41.2 Å². The summed E-state index contributed by atoms with van der Waals surface area (Å²) < 4.78 is 5.60. The quantitative estimate of drug-likeness (QED) is 0.748. The molecule has 4 heteroatoms. The van der Waals surface area contributed by atoms with Gasteiger partial charge in [-0.05, 0) is 50.2 Å². The van der Waals surface area contributed by atoms with E-state index in [-0.39, 0.29) is 5.43 Å². The van der Waals surface area contributed by atoms with E-state index in [2.05, 4.69) is 9.88 Å². The second-order valence-corrected chi connectivity index (χ2v) is 6.51. The second kappa shape index (κ2) is 6.29. The van der Waals surface area contributed by atoms with Crippen molar-refractivity contribution >= 4 is 21.8 Å². The Hall–Kier alpha value is -2.33. The zero-order chi connectivity index (χ0) is 16.5. The number of piperidine rings is 1. The lowest BCUT2D eigenvalue weighted by molar-refractivity contribution is 0.219. The first kappa shape index (κ1) is 15.2. The Kier molecular flexibility index (Phi) is 3.98. The normalized spacial score (nSPS) is 15.9. The third-order valence-electron chi connectivity index (χ3n) is 5.00. The highest BCUT2D eigenvalue weighted by atomic mass is 16.5. The van der Waals surface area contributed by atoms with Crippen LogP contribution in [-0.4, -0.2) is 30.1 Å². The van der Waals surface area contributed by atoms with Crippen LogP contribution in [0.3, 0.4) is 0 Å². The van der Waals surface area contributed by atoms with Crippen LogP contribution in [0.2, 0.25) is 0 Å². The summed E-state index contributed by atoms with van der Waals surface area (Å²) in [4.78, 5) is 18.8. The third-order valence-corrected chi connectivity index (χ3v) is 5.00. The molecule has 0 amide bonds. The summed E-state index contributed by atoms with van der Waals surface area (Å²) in [5, 5.41) is 1.47. The van der Waals surface area contributed by atoms with Crippen molar-refractivity contribution in [3.05, 3.63) is 52.2 Å². The van der Waals surface area contributed by atoms with Crippen molar-refractivity contribution in [1.82, 2.24) is 9.88 Å². The van der Waals surface area contributed by atoms with Crippen LogP contribution in [0.25, 0.3) is 21.8 Å². The number of hydrogen-bond acceptors (Lipinski definition) is 3. The Morgan fingerprint density at radius 2 is 1.83 bits per heavy atom. The van der Waals surface area contributed by atoms with Crippen LogP contribution in [-0.2, 0) is 6.54 Å². The van der Waals surface area contributed by atoms with Gasteiger partial charge in [0.15, 0.2) is 5.43 Å². The molecular weight excluding hydrogens is 300 g/mol. The van der Waals surface area contributed by atoms with Gasteiger partial charge in [0, 0.05) is 28.4 Å². The number of rotatable bonds is 3. The van der Waals surface area contributed by atoms with Crippen LogP contribution >= 0.6 is 0 Å². The molecule has 1 saturated heterocycles. The lowest BCUT2D eigenvalue weighted by Crippen LogP contribution is -2.29. The van der Waals surface area contributed by atoms with Crippen LogP contribution in [0.1, 0.15) is 24.8 Å². The number of likely N-dealkylation sites (tertiary alicyclic amines) is 1. The SMILES string of the molecule is COc1ccc2c(=O)c3ccccc3[nH]c2c1CN1CCCCC1. The standard InChI is InChI=1S/C20H22N2O2/c1-24-18-10-9-15-19(16(18)13-22-11-5-2-6-12-22)21-17-8-4-3-7-14(17)20(15)23/h3-4,7-10H,2,5-6,11-13H2,1H3,(H,21,23). The van der Waals surface area contributed by atoms with Gasteiger partial charge in [-0.3, -0.25) is 9.69 Å². The molecule has 0 atom stereocenters. The Morgan fingerprint density at radius 3 is 2.62 bits per heavy atom. The lowest BCUT2D eigenvalue weighted by Gasteiger charge is -2.27. The summed E-state index contributed by atoms with van der Waals surface area (Å²) in [5.41, 5.74) is 2.95. The maximum atomic E-state index is 12.9. The molecule has 0 bridgehead atoms. The van der Waals surface area contributed by atoms with E-state index in [1.165, 1.54) is 19.3 Å². The molecule has 1 N–H and O–H groups in total. The minimum atomic E-state index is 0.0851. The number of benzene rings is 2. The molecule has 1 aliphatic rings. The highest BCUT2D eigenvalue weighted by Gasteiger charge is 2.17. The monoisotopic (exact) mass is 322 g/mol. The molecule has 0 unspecified atom stereocenters. The highest BCUT2D eigenvalue weighted by Crippen LogP contribution is 2.29. The number of pyridine rings is 1. The fourth-order valence-electron chi connectivity index (χ4n) is 3.72. The maximum absolute atomic E-state index is 12.9. The van der Waals surface area contributed by atoms with E-state index in [0.29, 0.717) is 0 Å². The smallest absolute Gasteiger partial charge is 0.197 e. The molecule has 2 heterocycles. The molecule has 1 fully saturated rings. The summed E-state index contributed by atoms with van der Waals surface area (Å²) in [7, 11) is 1.69. The number of methoxy groups -OCH3 is 1. The number of hydrogen-bond donors (Lipinski definition) is 1. The van der Waals surface area contributed by atoms with Gasteiger partial charge in [-0.25, -0.2) is 0 Å². The molecule has 0 saturated carbocycles. The van der Waals surface area contributed by atoms with E-state index >= 15 is 0 Å². The molecular formula is C20H22N2O2. The van der Waals surface area contributed by atoms with Crippen molar-refractivity contribution in [3.63, 3.8) is 0 Å². The molecule has 4 rings (SSSR count). The fourth-order valence-corrected chi connectivity index (χ4v) is 3.72. The minimum absolute atomic E-state index is 0.0851. The zero-order valence-corrected chi connectivity index (χ0v) is 14.0. The first-order valence-corrected chi connectivity index (χ1v) is 8.61. The van der Waals surface area contributed by atoms with Crippen LogP contribution in [0.5, 0.6) is 5.75 Å². The van der Waals surface area contributed by atoms with Crippen molar-refractivity contribution < 1.29 is 4.74 Å². The van der Waals surface area contributed by atoms with E-state index < -0.39 is 0 Å². The molecule has 24 heavy (non-hydrogen) atoms. The topological polar surface area (TPSA) is 45.3 Å². The van der Waals surface area contributed by atoms with Crippen LogP contribution < -0.4 is 10.2 Å². The van der Waals surface area contributed by atoms with Crippen LogP contribution in [0.4, 0.5) is 0 Å². The molecule has 0 radical (unpaired) electrons. The van der Waals surface area contributed by atoms with Gasteiger partial charge in [-0.15, -0.1) is 0 Å². The Balaban J connectivity index is 1.93. The summed E-state index contributed by atoms with van der Waals surface area (Å²) in [6.07, 6.45) is 3.80. The van der Waals surface area contributed by atoms with Gasteiger partial charge in [-0.1, -0.05) is 18.6 Å². The number of aromatic nitrogens is 1. The van der Waals surface area contributed by atoms with Crippen molar-refractivity contribution in [2.24, 2.45) is 0 Å². The van der Waals surface area contributed by atoms with Gasteiger partial charge >= 0.3 is 0 Å². The number of fused-ring (bicyclic) bond motifs is 2. The van der Waals surface area contributed by atoms with Gasteiger partial charge in [0.2, 0.25) is 0 Å². The average molecular weight is 322 g/mol. The van der Waals surface area contributed by atoms with Crippen molar-refractivity contribution in [2.75, 3.05) is 20.2 Å². The van der Waals surface area contributed by atoms with E-state index in [1.807, 2.05) is 36.4 Å². The largest absolute Gasteiger partial charge is 0.496 e. The third kappa shape index (κ3) is 2.57. The van der Waals surface area contributed by atoms with E-state index in [4.69, 9.17) is 4.74 Å². The molecule has 0 spiro atoms. The number of para-hydroxylation sites is 1. The predicted octanol–water partition coefficient (Wildman–Crippen LogP) is 3.68. The number of ether oxygens (including phenoxy) is 1. The summed E-state index contributed by atoms with van der Waals surface area (Å²) >= 11 is 0. The maximum Gasteiger partial charge on any atom is 0.197 e. The van der Waals surface area contributed by atoms with Crippen molar-refractivity contribution in [2.45, 2.75) is 25.8 Å². The van der Waals surface area contributed by atoms with Crippen LogP contribution in [0, 0.1) is 0 Å². The lowest BCUT2D eigenvalue weighted by atomic mass is 10.0. The molecule has 1 aromatic heterocycles. The molecule has 124 valence electrons. The highest BCUT2D eigenvalue weighted by molar-refractivity contribution is 5.94. The summed E-state index contributed by atoms with van der Waals surface area (Å²) in [6, 6.07) is 11.5. The van der Waals surface area contributed by atoms with E-state index in [9.17, 15) is 4.79 Å². The number of nitrogens with zero attached hydrogens (tertiary/aromatic N) is 1. The molecule has 1 aliphatic heterocycles. The minimum Gasteiger partial charge on any atom is -0.496 e. The zero-order valence-electron chi connectivity index (χ0n) is 14.0.